The molecule has 0 spiro atoms. The molecule has 1 aliphatic rings. The van der Waals surface area contributed by atoms with E-state index < -0.39 is 9.84 Å². The van der Waals surface area contributed by atoms with Gasteiger partial charge in [0.1, 0.15) is 11.6 Å². The predicted octanol–water partition coefficient (Wildman–Crippen LogP) is 3.37. The van der Waals surface area contributed by atoms with Gasteiger partial charge in [-0.25, -0.2) is 18.4 Å². The van der Waals surface area contributed by atoms with Crippen LogP contribution in [0.2, 0.25) is 0 Å². The largest absolute Gasteiger partial charge is 0.365 e. The van der Waals surface area contributed by atoms with Crippen LogP contribution in [-0.4, -0.2) is 48.0 Å². The van der Waals surface area contributed by atoms with Crippen LogP contribution in [0.25, 0.3) is 11.4 Å². The third-order valence-corrected chi connectivity index (χ3v) is 6.28. The smallest absolute Gasteiger partial charge is 0.163 e. The van der Waals surface area contributed by atoms with Crippen molar-refractivity contribution in [3.63, 3.8) is 0 Å². The molecule has 7 heteroatoms. The Morgan fingerprint density at radius 3 is 2.44 bits per heavy atom. The van der Waals surface area contributed by atoms with Crippen LogP contribution in [0, 0.1) is 0 Å². The van der Waals surface area contributed by atoms with Gasteiger partial charge in [-0.1, -0.05) is 30.3 Å². The summed E-state index contributed by atoms with van der Waals surface area (Å²) in [4.78, 5) is 11.6. The fourth-order valence-corrected chi connectivity index (χ4v) is 5.11. The van der Waals surface area contributed by atoms with Gasteiger partial charge in [-0.05, 0) is 34.1 Å². The number of nitrogens with one attached hydrogen (secondary N) is 1. The first-order valence-corrected chi connectivity index (χ1v) is 11.2. The molecule has 0 bridgehead atoms. The molecule has 2 aromatic rings. The number of rotatable bonds is 5. The zero-order valence-electron chi connectivity index (χ0n) is 16.4. The molecule has 0 saturated carbocycles. The highest BCUT2D eigenvalue weighted by Crippen LogP contribution is 2.28. The van der Waals surface area contributed by atoms with Crippen molar-refractivity contribution >= 4 is 21.5 Å². The van der Waals surface area contributed by atoms with Gasteiger partial charge in [-0.2, -0.15) is 0 Å². The Morgan fingerprint density at radius 1 is 1.19 bits per heavy atom. The van der Waals surface area contributed by atoms with Crippen LogP contribution in [0.15, 0.2) is 36.4 Å². The Hall–Kier alpha value is -2.15. The van der Waals surface area contributed by atoms with E-state index in [1.54, 1.807) is 0 Å². The number of hydrogen-bond acceptors (Lipinski definition) is 6. The molecule has 1 saturated heterocycles. The second kappa shape index (κ2) is 7.46. The van der Waals surface area contributed by atoms with E-state index in [1.807, 2.05) is 43.3 Å². The molecular weight excluding hydrogens is 360 g/mol. The second-order valence-electron chi connectivity index (χ2n) is 8.02. The zero-order chi connectivity index (χ0) is 19.7. The lowest BCUT2D eigenvalue weighted by atomic mass is 10.1. The number of anilines is 2. The minimum absolute atomic E-state index is 0.0407. The SMILES string of the molecule is CCN(c1cc(NC(C)(C)C)nc(-c2ccccc2)n1)C1CCS(=O)(=O)C1. The van der Waals surface area contributed by atoms with Crippen molar-refractivity contribution in [3.8, 4) is 11.4 Å². The lowest BCUT2D eigenvalue weighted by Crippen LogP contribution is -2.37. The summed E-state index contributed by atoms with van der Waals surface area (Å²) < 4.78 is 23.9. The third kappa shape index (κ3) is 4.97. The van der Waals surface area contributed by atoms with E-state index in [0.717, 1.165) is 17.2 Å². The number of sulfone groups is 1. The first kappa shape index (κ1) is 19.6. The summed E-state index contributed by atoms with van der Waals surface area (Å²) in [5, 5.41) is 3.42. The van der Waals surface area contributed by atoms with Gasteiger partial charge in [0.15, 0.2) is 15.7 Å². The molecule has 146 valence electrons. The van der Waals surface area contributed by atoms with Crippen LogP contribution in [-0.2, 0) is 9.84 Å². The maximum Gasteiger partial charge on any atom is 0.163 e. The third-order valence-electron chi connectivity index (χ3n) is 4.53. The van der Waals surface area contributed by atoms with Gasteiger partial charge in [-0.3, -0.25) is 0 Å². The van der Waals surface area contributed by atoms with Gasteiger partial charge in [0.25, 0.3) is 0 Å². The molecule has 1 aromatic carbocycles. The van der Waals surface area contributed by atoms with E-state index in [0.29, 0.717) is 18.8 Å². The monoisotopic (exact) mass is 388 g/mol. The Morgan fingerprint density at radius 2 is 1.89 bits per heavy atom. The maximum atomic E-state index is 12.0. The van der Waals surface area contributed by atoms with E-state index >= 15 is 0 Å². The molecule has 2 heterocycles. The predicted molar refractivity (Wildman–Crippen MR) is 111 cm³/mol. The highest BCUT2D eigenvalue weighted by Gasteiger charge is 2.32. The van der Waals surface area contributed by atoms with Crippen LogP contribution < -0.4 is 10.2 Å². The van der Waals surface area contributed by atoms with Gasteiger partial charge in [0, 0.05) is 29.8 Å². The van der Waals surface area contributed by atoms with Crippen LogP contribution in [0.4, 0.5) is 11.6 Å². The molecule has 27 heavy (non-hydrogen) atoms. The van der Waals surface area contributed by atoms with E-state index in [4.69, 9.17) is 9.97 Å². The number of nitrogens with zero attached hydrogens (tertiary/aromatic N) is 3. The van der Waals surface area contributed by atoms with Crippen molar-refractivity contribution in [1.29, 1.82) is 0 Å². The average molecular weight is 389 g/mol. The topological polar surface area (TPSA) is 75.2 Å². The van der Waals surface area contributed by atoms with Crippen molar-refractivity contribution in [1.82, 2.24) is 9.97 Å². The number of benzene rings is 1. The van der Waals surface area contributed by atoms with Crippen LogP contribution in [0.5, 0.6) is 0 Å². The van der Waals surface area contributed by atoms with Crippen molar-refractivity contribution in [2.75, 3.05) is 28.3 Å². The van der Waals surface area contributed by atoms with E-state index in [-0.39, 0.29) is 23.1 Å². The van der Waals surface area contributed by atoms with Gasteiger partial charge in [0.2, 0.25) is 0 Å². The van der Waals surface area contributed by atoms with Crippen molar-refractivity contribution in [2.45, 2.75) is 45.7 Å². The summed E-state index contributed by atoms with van der Waals surface area (Å²) in [6.07, 6.45) is 0.642. The molecule has 1 aromatic heterocycles. The zero-order valence-corrected chi connectivity index (χ0v) is 17.3. The van der Waals surface area contributed by atoms with Crippen LogP contribution in [0.1, 0.15) is 34.1 Å². The molecule has 1 atom stereocenters. The fourth-order valence-electron chi connectivity index (χ4n) is 3.37. The van der Waals surface area contributed by atoms with E-state index in [9.17, 15) is 8.42 Å². The first-order chi connectivity index (χ1) is 12.7. The van der Waals surface area contributed by atoms with Gasteiger partial charge < -0.3 is 10.2 Å². The second-order valence-corrected chi connectivity index (χ2v) is 10.2. The molecule has 6 nitrogen and oxygen atoms in total. The minimum atomic E-state index is -2.96. The first-order valence-electron chi connectivity index (χ1n) is 9.36. The molecule has 1 unspecified atom stereocenters. The Labute approximate surface area is 162 Å². The highest BCUT2D eigenvalue weighted by atomic mass is 32.2. The summed E-state index contributed by atoms with van der Waals surface area (Å²) in [6, 6.07) is 11.7. The summed E-state index contributed by atoms with van der Waals surface area (Å²) in [6.45, 7) is 8.97. The van der Waals surface area contributed by atoms with Crippen molar-refractivity contribution in [3.05, 3.63) is 36.4 Å². The summed E-state index contributed by atoms with van der Waals surface area (Å²) in [5.74, 6) is 2.58. The fraction of sp³-hybridized carbons (Fsp3) is 0.500. The summed E-state index contributed by atoms with van der Waals surface area (Å²) in [5.41, 5.74) is 0.791. The quantitative estimate of drug-likeness (QED) is 0.846. The highest BCUT2D eigenvalue weighted by molar-refractivity contribution is 7.91. The molecule has 0 amide bonds. The van der Waals surface area contributed by atoms with Gasteiger partial charge in [-0.15, -0.1) is 0 Å². The number of aromatic nitrogens is 2. The standard InChI is InChI=1S/C20H28N4O2S/c1-5-24(16-11-12-27(25,26)14-16)18-13-17(23-20(2,3)4)21-19(22-18)15-9-7-6-8-10-15/h6-10,13,16H,5,11-12,14H2,1-4H3,(H,21,22,23). The maximum absolute atomic E-state index is 12.0. The molecular formula is C20H28N4O2S. The van der Waals surface area contributed by atoms with Crippen molar-refractivity contribution < 1.29 is 8.42 Å². The lowest BCUT2D eigenvalue weighted by Gasteiger charge is -2.29. The minimum Gasteiger partial charge on any atom is -0.365 e. The summed E-state index contributed by atoms with van der Waals surface area (Å²) >= 11 is 0. The van der Waals surface area contributed by atoms with E-state index in [2.05, 4.69) is 31.0 Å². The molecule has 1 N–H and O–H groups in total. The summed E-state index contributed by atoms with van der Waals surface area (Å²) in [7, 11) is -2.96. The number of hydrogen-bond donors (Lipinski definition) is 1. The van der Waals surface area contributed by atoms with Gasteiger partial charge >= 0.3 is 0 Å². The normalized spacial score (nSPS) is 19.0. The lowest BCUT2D eigenvalue weighted by molar-refractivity contribution is 0.599. The molecule has 0 radical (unpaired) electrons. The Balaban J connectivity index is 2.03. The van der Waals surface area contributed by atoms with E-state index in [1.165, 1.54) is 0 Å². The average Bonchev–Trinajstić information content (AvgIpc) is 2.94. The van der Waals surface area contributed by atoms with Crippen molar-refractivity contribution in [2.24, 2.45) is 0 Å². The molecule has 3 rings (SSSR count). The Kier molecular flexibility index (Phi) is 5.42. The molecule has 1 aliphatic heterocycles. The van der Waals surface area contributed by atoms with Crippen LogP contribution in [0.3, 0.4) is 0 Å². The Bertz CT molecular complexity index is 892. The van der Waals surface area contributed by atoms with Gasteiger partial charge in [0.05, 0.1) is 11.5 Å². The van der Waals surface area contributed by atoms with Crippen LogP contribution >= 0.6 is 0 Å². The molecule has 0 aliphatic carbocycles. The molecule has 1 fully saturated rings.